The molecule has 30 heavy (non-hydrogen) atoms. The number of piperidine rings is 1. The molecule has 8 nitrogen and oxygen atoms in total. The molecule has 4 rings (SSSR count). The predicted molar refractivity (Wildman–Crippen MR) is 109 cm³/mol. The quantitative estimate of drug-likeness (QED) is 0.745. The molecule has 2 fully saturated rings. The van der Waals surface area contributed by atoms with E-state index in [0.717, 1.165) is 5.75 Å². The summed E-state index contributed by atoms with van der Waals surface area (Å²) in [5.41, 5.74) is 0.318. The van der Waals surface area contributed by atoms with Crippen LogP contribution >= 0.6 is 0 Å². The minimum absolute atomic E-state index is 0.0822. The number of amides is 2. The molecule has 2 atom stereocenters. The van der Waals surface area contributed by atoms with Gasteiger partial charge in [0.2, 0.25) is 5.91 Å². The lowest BCUT2D eigenvalue weighted by molar-refractivity contribution is -0.137. The standard InChI is InChI=1S/C22H26N4O4/c27-21(25-10-12-29-13-11-25)14-17-16-26(22(28)19-15-23-7-8-24-19)9-6-20(17)30-18-4-2-1-3-5-18/h1-5,7-8,15,17,20H,6,9-14,16H2/t17-,20-/m0/s1. The van der Waals surface area contributed by atoms with Crippen LogP contribution < -0.4 is 4.74 Å². The van der Waals surface area contributed by atoms with Crippen molar-refractivity contribution >= 4 is 11.8 Å². The molecular weight excluding hydrogens is 384 g/mol. The summed E-state index contributed by atoms with van der Waals surface area (Å²) >= 11 is 0. The second kappa shape index (κ2) is 9.67. The molecule has 2 amide bonds. The second-order valence-electron chi connectivity index (χ2n) is 7.56. The maximum Gasteiger partial charge on any atom is 0.274 e. The summed E-state index contributed by atoms with van der Waals surface area (Å²) in [6, 6.07) is 9.62. The summed E-state index contributed by atoms with van der Waals surface area (Å²) in [6.07, 6.45) is 5.38. The van der Waals surface area contributed by atoms with Gasteiger partial charge in [-0.15, -0.1) is 0 Å². The SMILES string of the molecule is O=C(C[C@H]1CN(C(=O)c2cnccn2)CC[C@@H]1Oc1ccccc1)N1CCOCC1. The van der Waals surface area contributed by atoms with Gasteiger partial charge < -0.3 is 19.3 Å². The molecule has 3 heterocycles. The van der Waals surface area contributed by atoms with Gasteiger partial charge in [0.15, 0.2) is 0 Å². The molecule has 2 aliphatic heterocycles. The molecule has 0 aliphatic carbocycles. The highest BCUT2D eigenvalue weighted by Crippen LogP contribution is 2.27. The van der Waals surface area contributed by atoms with Crippen LogP contribution in [0.5, 0.6) is 5.75 Å². The average molecular weight is 410 g/mol. The van der Waals surface area contributed by atoms with E-state index in [2.05, 4.69) is 9.97 Å². The minimum atomic E-state index is -0.162. The average Bonchev–Trinajstić information content (AvgIpc) is 2.81. The van der Waals surface area contributed by atoms with Crippen molar-refractivity contribution in [2.45, 2.75) is 18.9 Å². The van der Waals surface area contributed by atoms with Crippen molar-refractivity contribution in [1.82, 2.24) is 19.8 Å². The van der Waals surface area contributed by atoms with Crippen LogP contribution in [-0.2, 0) is 9.53 Å². The van der Waals surface area contributed by atoms with E-state index in [-0.39, 0.29) is 23.8 Å². The van der Waals surface area contributed by atoms with E-state index in [1.54, 1.807) is 11.1 Å². The molecule has 0 N–H and O–H groups in total. The summed E-state index contributed by atoms with van der Waals surface area (Å²) in [6.45, 7) is 3.35. The topological polar surface area (TPSA) is 84.9 Å². The molecular formula is C22H26N4O4. The number of ether oxygens (including phenoxy) is 2. The Bertz CT molecular complexity index is 843. The van der Waals surface area contributed by atoms with Crippen LogP contribution in [0.2, 0.25) is 0 Å². The number of aromatic nitrogens is 2. The van der Waals surface area contributed by atoms with Crippen LogP contribution in [0.3, 0.4) is 0 Å². The summed E-state index contributed by atoms with van der Waals surface area (Å²) in [4.78, 5) is 37.5. The number of hydrogen-bond acceptors (Lipinski definition) is 6. The van der Waals surface area contributed by atoms with Gasteiger partial charge in [-0.3, -0.25) is 14.6 Å². The number of carbonyl (C=O) groups excluding carboxylic acids is 2. The third-order valence-corrected chi connectivity index (χ3v) is 5.56. The monoisotopic (exact) mass is 410 g/mol. The third kappa shape index (κ3) is 4.94. The smallest absolute Gasteiger partial charge is 0.274 e. The number of hydrogen-bond donors (Lipinski definition) is 0. The normalized spacial score (nSPS) is 21.9. The van der Waals surface area contributed by atoms with Crippen LogP contribution in [0, 0.1) is 5.92 Å². The van der Waals surface area contributed by atoms with Crippen LogP contribution in [0.1, 0.15) is 23.3 Å². The predicted octanol–water partition coefficient (Wildman–Crippen LogP) is 1.64. The van der Waals surface area contributed by atoms with Gasteiger partial charge in [0.25, 0.3) is 5.91 Å². The van der Waals surface area contributed by atoms with Gasteiger partial charge >= 0.3 is 0 Å². The summed E-state index contributed by atoms with van der Waals surface area (Å²) < 4.78 is 11.6. The van der Waals surface area contributed by atoms with Crippen LogP contribution in [0.4, 0.5) is 0 Å². The van der Waals surface area contributed by atoms with Gasteiger partial charge in [-0.2, -0.15) is 0 Å². The Morgan fingerprint density at radius 3 is 2.60 bits per heavy atom. The summed E-state index contributed by atoms with van der Waals surface area (Å²) in [5.74, 6) is 0.596. The van der Waals surface area contributed by atoms with Gasteiger partial charge in [-0.25, -0.2) is 4.98 Å². The van der Waals surface area contributed by atoms with Crippen molar-refractivity contribution in [2.24, 2.45) is 5.92 Å². The van der Waals surface area contributed by atoms with Gasteiger partial charge in [-0.1, -0.05) is 18.2 Å². The number of para-hydroxylation sites is 1. The van der Waals surface area contributed by atoms with Gasteiger partial charge in [0, 0.05) is 57.3 Å². The fourth-order valence-corrected chi connectivity index (χ4v) is 3.96. The highest BCUT2D eigenvalue weighted by Gasteiger charge is 2.36. The molecule has 2 aliphatic rings. The van der Waals surface area contributed by atoms with Crippen LogP contribution in [0.25, 0.3) is 0 Å². The number of nitrogens with zero attached hydrogens (tertiary/aromatic N) is 4. The van der Waals surface area contributed by atoms with E-state index in [1.807, 2.05) is 35.2 Å². The van der Waals surface area contributed by atoms with Gasteiger partial charge in [0.05, 0.1) is 19.4 Å². The van der Waals surface area contributed by atoms with Gasteiger partial charge in [-0.05, 0) is 12.1 Å². The van der Waals surface area contributed by atoms with E-state index in [4.69, 9.17) is 9.47 Å². The third-order valence-electron chi connectivity index (χ3n) is 5.56. The van der Waals surface area contributed by atoms with E-state index in [9.17, 15) is 9.59 Å². The number of likely N-dealkylation sites (tertiary alicyclic amines) is 1. The Hall–Kier alpha value is -3.00. The molecule has 158 valence electrons. The second-order valence-corrected chi connectivity index (χ2v) is 7.56. The zero-order valence-corrected chi connectivity index (χ0v) is 16.9. The fourth-order valence-electron chi connectivity index (χ4n) is 3.96. The first-order valence-corrected chi connectivity index (χ1v) is 10.3. The number of morpholine rings is 1. The largest absolute Gasteiger partial charge is 0.490 e. The molecule has 0 bridgehead atoms. The minimum Gasteiger partial charge on any atom is -0.490 e. The van der Waals surface area contributed by atoms with Crippen molar-refractivity contribution < 1.29 is 19.1 Å². The fraction of sp³-hybridized carbons (Fsp3) is 0.455. The van der Waals surface area contributed by atoms with Gasteiger partial charge in [0.1, 0.15) is 17.5 Å². The maximum atomic E-state index is 12.9. The maximum absolute atomic E-state index is 12.9. The Morgan fingerprint density at radius 1 is 1.07 bits per heavy atom. The Labute approximate surface area is 175 Å². The molecule has 2 saturated heterocycles. The molecule has 2 aromatic rings. The lowest BCUT2D eigenvalue weighted by Gasteiger charge is -2.39. The Kier molecular flexibility index (Phi) is 6.53. The van der Waals surface area contributed by atoms with Crippen molar-refractivity contribution in [1.29, 1.82) is 0 Å². The van der Waals surface area contributed by atoms with Crippen molar-refractivity contribution in [3.63, 3.8) is 0 Å². The highest BCUT2D eigenvalue weighted by atomic mass is 16.5. The van der Waals surface area contributed by atoms with Crippen molar-refractivity contribution in [2.75, 3.05) is 39.4 Å². The van der Waals surface area contributed by atoms with E-state index in [0.29, 0.717) is 57.9 Å². The van der Waals surface area contributed by atoms with Crippen LogP contribution in [-0.4, -0.2) is 77.1 Å². The molecule has 0 unspecified atom stereocenters. The summed E-state index contributed by atoms with van der Waals surface area (Å²) in [7, 11) is 0. The molecule has 1 aromatic heterocycles. The highest BCUT2D eigenvalue weighted by molar-refractivity contribution is 5.92. The first-order valence-electron chi connectivity index (χ1n) is 10.3. The first kappa shape index (κ1) is 20.3. The Balaban J connectivity index is 1.47. The van der Waals surface area contributed by atoms with Crippen molar-refractivity contribution in [3.8, 4) is 5.75 Å². The number of rotatable bonds is 5. The zero-order chi connectivity index (χ0) is 20.8. The lowest BCUT2D eigenvalue weighted by atomic mass is 9.90. The first-order chi connectivity index (χ1) is 14.7. The number of benzene rings is 1. The molecule has 0 radical (unpaired) electrons. The number of carbonyl (C=O) groups is 2. The van der Waals surface area contributed by atoms with E-state index < -0.39 is 0 Å². The van der Waals surface area contributed by atoms with E-state index >= 15 is 0 Å². The summed E-state index contributed by atoms with van der Waals surface area (Å²) in [5, 5.41) is 0. The molecule has 8 heteroatoms. The molecule has 1 aromatic carbocycles. The Morgan fingerprint density at radius 2 is 1.87 bits per heavy atom. The van der Waals surface area contributed by atoms with Crippen LogP contribution in [0.15, 0.2) is 48.9 Å². The van der Waals surface area contributed by atoms with E-state index in [1.165, 1.54) is 12.4 Å². The lowest BCUT2D eigenvalue weighted by Crippen LogP contribution is -2.50. The molecule has 0 spiro atoms. The van der Waals surface area contributed by atoms with Crippen molar-refractivity contribution in [3.05, 3.63) is 54.6 Å². The zero-order valence-electron chi connectivity index (χ0n) is 16.9. The molecule has 0 saturated carbocycles.